The number of hydrogen-bond donors (Lipinski definition) is 3. The molecule has 0 spiro atoms. The van der Waals surface area contributed by atoms with Gasteiger partial charge in [-0.3, -0.25) is 18.9 Å². The van der Waals surface area contributed by atoms with Gasteiger partial charge in [0.05, 0.1) is 9.79 Å². The Morgan fingerprint density at radius 1 is 0.915 bits per heavy atom. The van der Waals surface area contributed by atoms with Crippen LogP contribution in [0.3, 0.4) is 0 Å². The van der Waals surface area contributed by atoms with Gasteiger partial charge in [-0.15, -0.1) is 0 Å². The summed E-state index contributed by atoms with van der Waals surface area (Å²) in [5.41, 5.74) is 12.8. The molecule has 2 aromatic rings. The lowest BCUT2D eigenvalue weighted by Gasteiger charge is -2.29. The van der Waals surface area contributed by atoms with Crippen LogP contribution in [0, 0.1) is 6.92 Å². The van der Waals surface area contributed by atoms with E-state index >= 15 is 0 Å². The summed E-state index contributed by atoms with van der Waals surface area (Å²) >= 11 is 0. The number of unbranched alkanes of at least 4 members (excludes halogenated alkanes) is 2. The van der Waals surface area contributed by atoms with E-state index in [0.717, 1.165) is 48.2 Å². The second-order valence-electron chi connectivity index (χ2n) is 15.6. The number of fused-ring (bicyclic) bond motifs is 1. The zero-order valence-electron chi connectivity index (χ0n) is 34.5. The fourth-order valence-electron chi connectivity index (χ4n) is 7.32. The molecule has 1 heterocycles. The van der Waals surface area contributed by atoms with Gasteiger partial charge in [0.2, 0.25) is 5.91 Å². The number of aryl methyl sites for hydroxylation is 1. The average molecular weight is 845 g/mol. The number of rotatable bonds is 20. The molecule has 0 fully saturated rings. The minimum absolute atomic E-state index is 0.0642. The van der Waals surface area contributed by atoms with Crippen LogP contribution in [-0.4, -0.2) is 63.7 Å². The number of nitrogens with zero attached hydrogens (tertiary/aromatic N) is 5. The van der Waals surface area contributed by atoms with E-state index in [4.69, 9.17) is 10.5 Å². The number of carbonyl (C=O) groups excluding carboxylic acids is 1. The van der Waals surface area contributed by atoms with Gasteiger partial charge in [-0.2, -0.15) is 16.8 Å². The van der Waals surface area contributed by atoms with Crippen molar-refractivity contribution in [2.45, 2.75) is 100 Å². The molecule has 0 aromatic heterocycles. The SMILES string of the molecule is Cc1ccc(S(=O)(=O)O)cc1C(C)(C)C(/C=C/C=C1/N(CCCCCC(=O)NCCCN=[N+]=[N-])c2ccc(S(=O)(=O)O)cc2C1(C)C)=N/CCCC1=C/C=C\C=C/C=C\1. The van der Waals surface area contributed by atoms with E-state index in [1.54, 1.807) is 12.1 Å². The number of amides is 1. The molecule has 4 rings (SSSR count). The largest absolute Gasteiger partial charge is 0.356 e. The lowest BCUT2D eigenvalue weighted by Crippen LogP contribution is -2.29. The number of nitrogens with one attached hydrogen (secondary N) is 1. The number of hydrogen-bond acceptors (Lipinski definition) is 8. The van der Waals surface area contributed by atoms with Gasteiger partial charge in [0.1, 0.15) is 0 Å². The Bertz CT molecular complexity index is 2350. The molecule has 13 nitrogen and oxygen atoms in total. The van der Waals surface area contributed by atoms with Gasteiger partial charge in [-0.05, 0) is 109 Å². The number of azide groups is 1. The molecule has 2 aromatic carbocycles. The Balaban J connectivity index is 1.65. The fourth-order valence-corrected chi connectivity index (χ4v) is 8.33. The molecule has 0 unspecified atom stereocenters. The van der Waals surface area contributed by atoms with E-state index in [0.29, 0.717) is 56.7 Å². The Morgan fingerprint density at radius 2 is 1.61 bits per heavy atom. The third-order valence-electron chi connectivity index (χ3n) is 10.6. The van der Waals surface area contributed by atoms with Gasteiger partial charge in [0.15, 0.2) is 0 Å². The normalized spacial score (nSPS) is 18.7. The molecule has 0 saturated carbocycles. The summed E-state index contributed by atoms with van der Waals surface area (Å²) in [5, 5.41) is 6.32. The molecular formula is C44H56N6O7S2. The third kappa shape index (κ3) is 13.0. The quantitative estimate of drug-likeness (QED) is 0.0292. The Kier molecular flexibility index (Phi) is 16.4. The first-order valence-electron chi connectivity index (χ1n) is 19.8. The molecule has 1 aliphatic heterocycles. The minimum atomic E-state index is -4.46. The van der Waals surface area contributed by atoms with Gasteiger partial charge in [-0.25, -0.2) is 0 Å². The van der Waals surface area contributed by atoms with E-state index in [1.807, 2.05) is 83.2 Å². The minimum Gasteiger partial charge on any atom is -0.356 e. The smallest absolute Gasteiger partial charge is 0.294 e. The molecular weight excluding hydrogens is 789 g/mol. The molecule has 0 bridgehead atoms. The standard InChI is InChI=1S/C44H56N6O7S2/c1-33-23-24-35(58(52,53)54)31-37(33)43(2,3)40(46-27-15-19-34-17-10-7-6-8-11-18-34)20-14-21-41-44(4,5)38-32-36(59(55,56)57)25-26-39(38)50(41)30-13-9-12-22-42(51)47-28-16-29-48-49-45/h6-8,10-11,14,17-18,20-21,23-26,31-32H,9,12-13,15-16,19,22,27-30H2,1-5H3,(H,47,51)(H,52,53,54)(H,55,56,57)/b7-6-,8-6?,10-7?,11-8-,17-10-,18-11?,20-14+,34-17?,34-18+,41-21+,46-40+. The molecule has 0 saturated heterocycles. The van der Waals surface area contributed by atoms with Crippen molar-refractivity contribution in [3.63, 3.8) is 0 Å². The van der Waals surface area contributed by atoms with E-state index in [1.165, 1.54) is 29.8 Å². The number of benzene rings is 2. The van der Waals surface area contributed by atoms with E-state index in [9.17, 15) is 30.7 Å². The molecule has 0 atom stereocenters. The lowest BCUT2D eigenvalue weighted by atomic mass is 9.77. The Labute approximate surface area is 349 Å². The van der Waals surface area contributed by atoms with Crippen LogP contribution in [0.25, 0.3) is 10.4 Å². The van der Waals surface area contributed by atoms with E-state index in [-0.39, 0.29) is 15.7 Å². The molecule has 15 heteroatoms. The van der Waals surface area contributed by atoms with Crippen LogP contribution < -0.4 is 10.2 Å². The fraction of sp³-hybridized carbons (Fsp3) is 0.409. The molecule has 1 aliphatic carbocycles. The predicted molar refractivity (Wildman–Crippen MR) is 235 cm³/mol. The maximum Gasteiger partial charge on any atom is 0.294 e. The van der Waals surface area contributed by atoms with Crippen LogP contribution in [0.4, 0.5) is 5.69 Å². The van der Waals surface area contributed by atoms with Crippen molar-refractivity contribution in [3.05, 3.63) is 136 Å². The highest BCUT2D eigenvalue weighted by atomic mass is 32.2. The van der Waals surface area contributed by atoms with Crippen molar-refractivity contribution >= 4 is 37.5 Å². The topological polar surface area (TPSA) is 202 Å². The Hall–Kier alpha value is -5.05. The van der Waals surface area contributed by atoms with E-state index < -0.39 is 31.1 Å². The maximum atomic E-state index is 12.3. The zero-order valence-corrected chi connectivity index (χ0v) is 36.1. The number of carbonyl (C=O) groups is 1. The van der Waals surface area contributed by atoms with Gasteiger partial charge >= 0.3 is 0 Å². The van der Waals surface area contributed by atoms with Crippen molar-refractivity contribution in [2.24, 2.45) is 10.1 Å². The van der Waals surface area contributed by atoms with Crippen LogP contribution in [0.15, 0.2) is 128 Å². The first-order valence-corrected chi connectivity index (χ1v) is 22.7. The van der Waals surface area contributed by atoms with Crippen molar-refractivity contribution in [2.75, 3.05) is 31.1 Å². The van der Waals surface area contributed by atoms with Gasteiger partial charge < -0.3 is 10.2 Å². The summed E-state index contributed by atoms with van der Waals surface area (Å²) in [7, 11) is -8.91. The first-order chi connectivity index (χ1) is 27.9. The second kappa shape index (κ2) is 20.8. The number of aliphatic imine (C=N–C) groups is 1. The molecule has 3 N–H and O–H groups in total. The monoisotopic (exact) mass is 844 g/mol. The summed E-state index contributed by atoms with van der Waals surface area (Å²) in [4.78, 5) is 21.9. The predicted octanol–water partition coefficient (Wildman–Crippen LogP) is 9.21. The van der Waals surface area contributed by atoms with E-state index in [2.05, 4.69) is 32.4 Å². The highest BCUT2D eigenvalue weighted by Crippen LogP contribution is 2.48. The van der Waals surface area contributed by atoms with Gasteiger partial charge in [0, 0.05) is 65.4 Å². The maximum absolute atomic E-state index is 12.3. The van der Waals surface area contributed by atoms with Crippen LogP contribution >= 0.6 is 0 Å². The third-order valence-corrected chi connectivity index (χ3v) is 12.3. The highest BCUT2D eigenvalue weighted by Gasteiger charge is 2.40. The van der Waals surface area contributed by atoms with Crippen molar-refractivity contribution < 1.29 is 30.7 Å². The lowest BCUT2D eigenvalue weighted by molar-refractivity contribution is -0.121. The second-order valence-corrected chi connectivity index (χ2v) is 18.5. The van der Waals surface area contributed by atoms with Crippen LogP contribution in [0.1, 0.15) is 89.3 Å². The number of anilines is 1. The average Bonchev–Trinajstić information content (AvgIpc) is 3.36. The van der Waals surface area contributed by atoms with Crippen LogP contribution in [-0.2, 0) is 35.9 Å². The first kappa shape index (κ1) is 46.6. The van der Waals surface area contributed by atoms with Gasteiger partial charge in [-0.1, -0.05) is 93.9 Å². The summed E-state index contributed by atoms with van der Waals surface area (Å²) in [5.74, 6) is -0.0642. The Morgan fingerprint density at radius 3 is 2.34 bits per heavy atom. The summed E-state index contributed by atoms with van der Waals surface area (Å²) in [6.45, 7) is 11.7. The van der Waals surface area contributed by atoms with Gasteiger partial charge in [0.25, 0.3) is 20.2 Å². The zero-order chi connectivity index (χ0) is 43.3. The van der Waals surface area contributed by atoms with Crippen LogP contribution in [0.2, 0.25) is 0 Å². The number of allylic oxidation sites excluding steroid dienone is 12. The molecule has 59 heavy (non-hydrogen) atoms. The summed E-state index contributed by atoms with van der Waals surface area (Å²) < 4.78 is 68.6. The molecule has 1 amide bonds. The van der Waals surface area contributed by atoms with Crippen molar-refractivity contribution in [3.8, 4) is 0 Å². The molecule has 0 radical (unpaired) electrons. The van der Waals surface area contributed by atoms with Crippen LogP contribution in [0.5, 0.6) is 0 Å². The summed E-state index contributed by atoms with van der Waals surface area (Å²) in [6, 6.07) is 9.18. The van der Waals surface area contributed by atoms with Crippen molar-refractivity contribution in [1.82, 2.24) is 5.32 Å². The highest BCUT2D eigenvalue weighted by molar-refractivity contribution is 7.86. The summed E-state index contributed by atoms with van der Waals surface area (Å²) in [6.07, 6.45) is 24.5. The molecule has 316 valence electrons. The molecule has 2 aliphatic rings. The van der Waals surface area contributed by atoms with Crippen molar-refractivity contribution in [1.29, 1.82) is 0 Å².